The molecule has 5 nitrogen and oxygen atoms in total. The van der Waals surface area contributed by atoms with Crippen LogP contribution in [-0.2, 0) is 36.6 Å². The second kappa shape index (κ2) is 16.9. The van der Waals surface area contributed by atoms with Crippen LogP contribution < -0.4 is 9.64 Å². The number of hydrogen-bond donors (Lipinski definition) is 0. The van der Waals surface area contributed by atoms with Crippen LogP contribution in [0.5, 0.6) is 11.5 Å². The predicted molar refractivity (Wildman–Crippen MR) is 246 cm³/mol. The minimum absolute atomic E-state index is 0. The van der Waals surface area contributed by atoms with Crippen LogP contribution in [0.4, 0.5) is 17.2 Å². The molecule has 5 aromatic rings. The van der Waals surface area contributed by atoms with Crippen molar-refractivity contribution in [1.29, 1.82) is 0 Å². The Morgan fingerprint density at radius 1 is 0.767 bits per heavy atom. The molecule has 0 amide bonds. The molecule has 0 bridgehead atoms. The zero-order valence-corrected chi connectivity index (χ0v) is 40.8. The molecule has 3 heterocycles. The summed E-state index contributed by atoms with van der Waals surface area (Å²) in [4.78, 5) is 12.6. The van der Waals surface area contributed by atoms with E-state index in [-0.39, 0.29) is 37.4 Å². The molecule has 0 spiro atoms. The molecule has 0 fully saturated rings. The molecule has 2 aliphatic rings. The van der Waals surface area contributed by atoms with E-state index in [9.17, 15) is 0 Å². The monoisotopic (exact) mass is 982 g/mol. The summed E-state index contributed by atoms with van der Waals surface area (Å²) >= 11 is 0. The van der Waals surface area contributed by atoms with Crippen molar-refractivity contribution in [3.05, 3.63) is 130 Å². The van der Waals surface area contributed by atoms with Gasteiger partial charge < -0.3 is 14.4 Å². The topological polar surface area (TPSA) is 47.0 Å². The number of pyridine rings is 1. The van der Waals surface area contributed by atoms with E-state index in [4.69, 9.17) is 19.5 Å². The second-order valence-corrected chi connectivity index (χ2v) is 20.2. The van der Waals surface area contributed by atoms with Gasteiger partial charge in [-0.1, -0.05) is 162 Å². The van der Waals surface area contributed by atoms with Crippen LogP contribution >= 0.6 is 0 Å². The van der Waals surface area contributed by atoms with E-state index in [1.165, 1.54) is 33.4 Å². The number of ether oxygens (including phenoxy) is 2. The number of anilines is 3. The summed E-state index contributed by atoms with van der Waals surface area (Å²) in [5.41, 5.74) is 11.9. The van der Waals surface area contributed by atoms with Gasteiger partial charge in [0.1, 0.15) is 18.3 Å². The number of aromatic nitrogens is 1. The minimum atomic E-state index is -0.349. The van der Waals surface area contributed by atoms with E-state index >= 15 is 0 Å². The molecule has 2 aliphatic heterocycles. The van der Waals surface area contributed by atoms with Gasteiger partial charge in [0, 0.05) is 34.4 Å². The van der Waals surface area contributed by atoms with Crippen molar-refractivity contribution in [3.63, 3.8) is 0 Å². The van der Waals surface area contributed by atoms with E-state index in [1.807, 2.05) is 12.3 Å². The standard InChI is InChI=1S/C54H65N3O2.Pt/c1-32(2)43-18-16-19-44(33(3)4)48(43)37-26-38(51-56-54(15,31-58-51)49(34(5)6)35(7)8)28-42(27-37)59-41-25-36(9)24-40(30-41)57-47-22-21-39(52(10,11)12)29-46(47)53(13,14)45-20-17-23-55-50(45)57;/h16-27,29,32-35,49H,31H2,1-15H3;/q-2;+2/t54-;/m0./s1. The fourth-order valence-electron chi connectivity index (χ4n) is 9.99. The van der Waals surface area contributed by atoms with Crippen molar-refractivity contribution >= 4 is 23.1 Å². The van der Waals surface area contributed by atoms with Gasteiger partial charge in [0.15, 0.2) is 0 Å². The first-order valence-electron chi connectivity index (χ1n) is 21.8. The smallest absolute Gasteiger partial charge is 0.518 e. The number of benzene rings is 4. The van der Waals surface area contributed by atoms with Crippen LogP contribution in [0.2, 0.25) is 0 Å². The first-order valence-corrected chi connectivity index (χ1v) is 21.8. The molecule has 6 heteroatoms. The molecule has 1 atom stereocenters. The van der Waals surface area contributed by atoms with Crippen LogP contribution in [0.15, 0.2) is 84.0 Å². The Balaban J connectivity index is 0.00000604. The molecule has 0 N–H and O–H groups in total. The normalized spacial score (nSPS) is 17.2. The van der Waals surface area contributed by atoms with Crippen LogP contribution in [0.3, 0.4) is 0 Å². The van der Waals surface area contributed by atoms with Gasteiger partial charge in [-0.2, -0.15) is 5.56 Å². The maximum absolute atomic E-state index is 6.94. The third kappa shape index (κ3) is 8.50. The zero-order valence-electron chi connectivity index (χ0n) is 38.6. The molecule has 318 valence electrons. The summed E-state index contributed by atoms with van der Waals surface area (Å²) in [6.07, 6.45) is 1.88. The van der Waals surface area contributed by atoms with E-state index in [2.05, 4.69) is 188 Å². The summed E-state index contributed by atoms with van der Waals surface area (Å²) in [5, 5.41) is 0. The van der Waals surface area contributed by atoms with Gasteiger partial charge in [0.05, 0.1) is 5.54 Å². The number of nitrogens with zero attached hydrogens (tertiary/aromatic N) is 3. The Labute approximate surface area is 375 Å². The average Bonchev–Trinajstić information content (AvgIpc) is 3.55. The number of hydrogen-bond acceptors (Lipinski definition) is 5. The second-order valence-electron chi connectivity index (χ2n) is 20.2. The van der Waals surface area contributed by atoms with Crippen molar-refractivity contribution < 1.29 is 30.5 Å². The van der Waals surface area contributed by atoms with Gasteiger partial charge in [-0.3, -0.25) is 4.99 Å². The van der Waals surface area contributed by atoms with Gasteiger partial charge >= 0.3 is 21.1 Å². The predicted octanol–water partition coefficient (Wildman–Crippen LogP) is 14.6. The van der Waals surface area contributed by atoms with E-state index in [0.29, 0.717) is 53.6 Å². The fraction of sp³-hybridized carbons (Fsp3) is 0.444. The molecule has 0 saturated heterocycles. The molecule has 0 saturated carbocycles. The number of fused-ring (bicyclic) bond motifs is 2. The van der Waals surface area contributed by atoms with E-state index < -0.39 is 0 Å². The van der Waals surface area contributed by atoms with Crippen LogP contribution in [0, 0.1) is 36.8 Å². The van der Waals surface area contributed by atoms with Gasteiger partial charge in [0.25, 0.3) is 0 Å². The molecular weight excluding hydrogens is 918 g/mol. The maximum atomic E-state index is 6.94. The van der Waals surface area contributed by atoms with Crippen LogP contribution in [-0.4, -0.2) is 23.0 Å². The zero-order chi connectivity index (χ0) is 42.8. The fourth-order valence-corrected chi connectivity index (χ4v) is 9.99. The maximum Gasteiger partial charge on any atom is 2.00 e. The largest absolute Gasteiger partial charge is 2.00 e. The van der Waals surface area contributed by atoms with Gasteiger partial charge in [-0.25, -0.2) is 4.98 Å². The number of rotatable bonds is 10. The molecule has 60 heavy (non-hydrogen) atoms. The summed E-state index contributed by atoms with van der Waals surface area (Å²) in [7, 11) is 0. The Morgan fingerprint density at radius 3 is 2.03 bits per heavy atom. The van der Waals surface area contributed by atoms with Crippen molar-refractivity contribution in [2.24, 2.45) is 22.7 Å². The van der Waals surface area contributed by atoms with E-state index in [1.54, 1.807) is 0 Å². The molecule has 7 rings (SSSR count). The van der Waals surface area contributed by atoms with Crippen molar-refractivity contribution in [2.75, 3.05) is 11.5 Å². The van der Waals surface area contributed by atoms with Crippen LogP contribution in [0.1, 0.15) is 148 Å². The molecule has 4 aromatic carbocycles. The SMILES string of the molecule is Cc1cc(Oc2[c-]c(C3=N[C@](C)(C(C(C)C)C(C)C)CO3)cc(-c3c(C(C)C)cccc3C(C)C)c2)[c-]c(N2c3ccc(C(C)(C)C)cc3C(C)(C)c3cccnc32)c1.[Pt+2]. The number of aryl methyl sites for hydroxylation is 1. The molecule has 0 radical (unpaired) electrons. The summed E-state index contributed by atoms with van der Waals surface area (Å²) < 4.78 is 13.5. The molecule has 0 aliphatic carbocycles. The quantitative estimate of drug-likeness (QED) is 0.131. The van der Waals surface area contributed by atoms with Crippen LogP contribution in [0.25, 0.3) is 11.1 Å². The van der Waals surface area contributed by atoms with Crippen molar-refractivity contribution in [2.45, 2.75) is 132 Å². The molecular formula is C54H65N3O2Pt. The summed E-state index contributed by atoms with van der Waals surface area (Å²) in [6.45, 7) is 34.6. The summed E-state index contributed by atoms with van der Waals surface area (Å²) in [6, 6.07) is 33.8. The molecule has 0 unspecified atom stereocenters. The summed E-state index contributed by atoms with van der Waals surface area (Å²) in [5.74, 6) is 4.65. The average molecular weight is 983 g/mol. The Kier molecular flexibility index (Phi) is 12.8. The van der Waals surface area contributed by atoms with Gasteiger partial charge in [0.2, 0.25) is 0 Å². The van der Waals surface area contributed by atoms with Crippen molar-refractivity contribution in [1.82, 2.24) is 4.98 Å². The minimum Gasteiger partial charge on any atom is -0.518 e. The van der Waals surface area contributed by atoms with Gasteiger partial charge in [-0.05, 0) is 81.9 Å². The third-order valence-corrected chi connectivity index (χ3v) is 12.6. The number of aliphatic imine (C=N–C) groups is 1. The van der Waals surface area contributed by atoms with E-state index in [0.717, 1.165) is 33.9 Å². The third-order valence-electron chi connectivity index (χ3n) is 12.6. The Hall–Kier alpha value is -4.21. The molecule has 1 aromatic heterocycles. The van der Waals surface area contributed by atoms with Crippen molar-refractivity contribution in [3.8, 4) is 22.6 Å². The first-order chi connectivity index (χ1) is 27.7. The Morgan fingerprint density at radius 2 is 1.42 bits per heavy atom. The van der Waals surface area contributed by atoms with Gasteiger partial charge in [-0.15, -0.1) is 24.3 Å². The first kappa shape index (κ1) is 45.3. The Bertz CT molecular complexity index is 2370.